The summed E-state index contributed by atoms with van der Waals surface area (Å²) in [5.41, 5.74) is 1.94. The second-order valence-corrected chi connectivity index (χ2v) is 7.23. The van der Waals surface area contributed by atoms with Crippen LogP contribution in [-0.4, -0.2) is 23.8 Å². The SMILES string of the molecule is CC(C)(C)c1ccccc1NC(=O)NC1CCCCC1CO. The van der Waals surface area contributed by atoms with Crippen molar-refractivity contribution in [3.05, 3.63) is 29.8 Å². The van der Waals surface area contributed by atoms with Gasteiger partial charge in [-0.05, 0) is 29.9 Å². The van der Waals surface area contributed by atoms with E-state index in [1.807, 2.05) is 24.3 Å². The molecule has 1 aliphatic rings. The van der Waals surface area contributed by atoms with E-state index in [4.69, 9.17) is 0 Å². The highest BCUT2D eigenvalue weighted by Gasteiger charge is 2.26. The molecule has 0 radical (unpaired) electrons. The Kier molecular flexibility index (Phi) is 5.46. The van der Waals surface area contributed by atoms with Gasteiger partial charge in [-0.2, -0.15) is 0 Å². The summed E-state index contributed by atoms with van der Waals surface area (Å²) in [7, 11) is 0. The molecule has 2 rings (SSSR count). The fourth-order valence-electron chi connectivity index (χ4n) is 3.19. The Morgan fingerprint density at radius 2 is 1.91 bits per heavy atom. The molecule has 2 unspecified atom stereocenters. The van der Waals surface area contributed by atoms with Crippen LogP contribution < -0.4 is 10.6 Å². The lowest BCUT2D eigenvalue weighted by Gasteiger charge is -2.31. The van der Waals surface area contributed by atoms with Crippen LogP contribution in [-0.2, 0) is 5.41 Å². The van der Waals surface area contributed by atoms with Crippen LogP contribution in [0.5, 0.6) is 0 Å². The molecular weight excluding hydrogens is 276 g/mol. The summed E-state index contributed by atoms with van der Waals surface area (Å²) in [6.45, 7) is 6.54. The summed E-state index contributed by atoms with van der Waals surface area (Å²) in [6.07, 6.45) is 4.18. The highest BCUT2D eigenvalue weighted by atomic mass is 16.3. The van der Waals surface area contributed by atoms with Crippen molar-refractivity contribution in [3.8, 4) is 0 Å². The lowest BCUT2D eigenvalue weighted by Crippen LogP contribution is -2.45. The normalized spacial score (nSPS) is 22.2. The second-order valence-electron chi connectivity index (χ2n) is 7.23. The average molecular weight is 304 g/mol. The molecular formula is C18H28N2O2. The van der Waals surface area contributed by atoms with Crippen molar-refractivity contribution in [2.24, 2.45) is 5.92 Å². The minimum Gasteiger partial charge on any atom is -0.396 e. The molecule has 2 atom stereocenters. The first-order valence-corrected chi connectivity index (χ1v) is 8.19. The van der Waals surface area contributed by atoms with Gasteiger partial charge in [-0.3, -0.25) is 0 Å². The Morgan fingerprint density at radius 3 is 2.59 bits per heavy atom. The summed E-state index contributed by atoms with van der Waals surface area (Å²) in [5, 5.41) is 15.5. The third-order valence-corrected chi connectivity index (χ3v) is 4.44. The van der Waals surface area contributed by atoms with Crippen molar-refractivity contribution in [1.82, 2.24) is 5.32 Å². The van der Waals surface area contributed by atoms with Gasteiger partial charge in [0.05, 0.1) is 0 Å². The quantitative estimate of drug-likeness (QED) is 0.798. The van der Waals surface area contributed by atoms with E-state index < -0.39 is 0 Å². The van der Waals surface area contributed by atoms with E-state index in [-0.39, 0.29) is 30.0 Å². The van der Waals surface area contributed by atoms with Crippen molar-refractivity contribution in [3.63, 3.8) is 0 Å². The molecule has 1 aromatic carbocycles. The summed E-state index contributed by atoms with van der Waals surface area (Å²) in [4.78, 5) is 12.3. The maximum Gasteiger partial charge on any atom is 0.319 e. The summed E-state index contributed by atoms with van der Waals surface area (Å²) < 4.78 is 0. The topological polar surface area (TPSA) is 61.4 Å². The number of rotatable bonds is 3. The number of carbonyl (C=O) groups is 1. The zero-order valence-corrected chi connectivity index (χ0v) is 13.9. The van der Waals surface area contributed by atoms with Gasteiger partial charge in [-0.25, -0.2) is 4.79 Å². The van der Waals surface area contributed by atoms with Crippen LogP contribution in [0, 0.1) is 5.92 Å². The number of amides is 2. The summed E-state index contributed by atoms with van der Waals surface area (Å²) in [5.74, 6) is 0.178. The molecule has 0 spiro atoms. The van der Waals surface area contributed by atoms with Crippen molar-refractivity contribution in [2.45, 2.75) is 57.9 Å². The van der Waals surface area contributed by atoms with Crippen LogP contribution in [0.25, 0.3) is 0 Å². The molecule has 1 aliphatic carbocycles. The number of para-hydroxylation sites is 1. The lowest BCUT2D eigenvalue weighted by atomic mass is 9.85. The van der Waals surface area contributed by atoms with Crippen LogP contribution in [0.3, 0.4) is 0 Å². The molecule has 22 heavy (non-hydrogen) atoms. The third-order valence-electron chi connectivity index (χ3n) is 4.44. The number of urea groups is 1. The Hall–Kier alpha value is -1.55. The molecule has 4 nitrogen and oxygen atoms in total. The number of carbonyl (C=O) groups excluding carboxylic acids is 1. The number of hydrogen-bond donors (Lipinski definition) is 3. The smallest absolute Gasteiger partial charge is 0.319 e. The molecule has 3 N–H and O–H groups in total. The maximum atomic E-state index is 12.3. The number of anilines is 1. The summed E-state index contributed by atoms with van der Waals surface area (Å²) >= 11 is 0. The number of aliphatic hydroxyl groups excluding tert-OH is 1. The monoisotopic (exact) mass is 304 g/mol. The average Bonchev–Trinajstić information content (AvgIpc) is 2.47. The molecule has 0 heterocycles. The van der Waals surface area contributed by atoms with Crippen LogP contribution in [0.2, 0.25) is 0 Å². The number of hydrogen-bond acceptors (Lipinski definition) is 2. The van der Waals surface area contributed by atoms with Gasteiger partial charge in [0.15, 0.2) is 0 Å². The molecule has 1 fully saturated rings. The van der Waals surface area contributed by atoms with Gasteiger partial charge in [0, 0.05) is 24.3 Å². The van der Waals surface area contributed by atoms with Gasteiger partial charge in [-0.15, -0.1) is 0 Å². The predicted octanol–water partition coefficient (Wildman–Crippen LogP) is 3.66. The van der Waals surface area contributed by atoms with Crippen molar-refractivity contribution >= 4 is 11.7 Å². The molecule has 0 aliphatic heterocycles. The van der Waals surface area contributed by atoms with Crippen LogP contribution in [0.15, 0.2) is 24.3 Å². The van der Waals surface area contributed by atoms with Crippen molar-refractivity contribution < 1.29 is 9.90 Å². The fraction of sp³-hybridized carbons (Fsp3) is 0.611. The van der Waals surface area contributed by atoms with Gasteiger partial charge < -0.3 is 15.7 Å². The van der Waals surface area contributed by atoms with E-state index in [9.17, 15) is 9.90 Å². The zero-order chi connectivity index (χ0) is 16.2. The van der Waals surface area contributed by atoms with E-state index in [2.05, 4.69) is 31.4 Å². The van der Waals surface area contributed by atoms with Gasteiger partial charge in [0.1, 0.15) is 0 Å². The van der Waals surface area contributed by atoms with Crippen LogP contribution in [0.1, 0.15) is 52.0 Å². The second kappa shape index (κ2) is 7.14. The Labute approximate surface area is 133 Å². The first-order valence-electron chi connectivity index (χ1n) is 8.19. The van der Waals surface area contributed by atoms with Gasteiger partial charge in [0.25, 0.3) is 0 Å². The van der Waals surface area contributed by atoms with Crippen molar-refractivity contribution in [2.75, 3.05) is 11.9 Å². The largest absolute Gasteiger partial charge is 0.396 e. The van der Waals surface area contributed by atoms with Crippen LogP contribution >= 0.6 is 0 Å². The Balaban J connectivity index is 2.03. The van der Waals surface area contributed by atoms with E-state index in [1.165, 1.54) is 0 Å². The molecule has 1 saturated carbocycles. The predicted molar refractivity (Wildman–Crippen MR) is 90.1 cm³/mol. The first-order chi connectivity index (χ1) is 10.4. The van der Waals surface area contributed by atoms with Crippen LogP contribution in [0.4, 0.5) is 10.5 Å². The third kappa shape index (κ3) is 4.23. The molecule has 122 valence electrons. The first kappa shape index (κ1) is 16.8. The van der Waals surface area contributed by atoms with Crippen molar-refractivity contribution in [1.29, 1.82) is 0 Å². The molecule has 1 aromatic rings. The fourth-order valence-corrected chi connectivity index (χ4v) is 3.19. The molecule has 0 saturated heterocycles. The number of nitrogens with one attached hydrogen (secondary N) is 2. The van der Waals surface area contributed by atoms with E-state index in [0.29, 0.717) is 0 Å². The minimum atomic E-state index is -0.179. The summed E-state index contributed by atoms with van der Waals surface area (Å²) in [6, 6.07) is 7.80. The Morgan fingerprint density at radius 1 is 1.23 bits per heavy atom. The van der Waals surface area contributed by atoms with Gasteiger partial charge in [-0.1, -0.05) is 51.8 Å². The highest BCUT2D eigenvalue weighted by Crippen LogP contribution is 2.29. The zero-order valence-electron chi connectivity index (χ0n) is 13.9. The molecule has 2 amide bonds. The van der Waals surface area contributed by atoms with Gasteiger partial charge >= 0.3 is 6.03 Å². The standard InChI is InChI=1S/C18H28N2O2/c1-18(2,3)14-9-5-7-11-16(14)20-17(22)19-15-10-6-4-8-13(15)12-21/h5,7,9,11,13,15,21H,4,6,8,10,12H2,1-3H3,(H2,19,20,22). The van der Waals surface area contributed by atoms with E-state index in [0.717, 1.165) is 36.9 Å². The number of aliphatic hydroxyl groups is 1. The van der Waals surface area contributed by atoms with E-state index >= 15 is 0 Å². The van der Waals surface area contributed by atoms with Gasteiger partial charge in [0.2, 0.25) is 0 Å². The molecule has 0 aromatic heterocycles. The minimum absolute atomic E-state index is 0.0255. The van der Waals surface area contributed by atoms with E-state index in [1.54, 1.807) is 0 Å². The Bertz CT molecular complexity index is 508. The highest BCUT2D eigenvalue weighted by molar-refractivity contribution is 5.90. The number of benzene rings is 1. The maximum absolute atomic E-state index is 12.3. The molecule has 0 bridgehead atoms. The lowest BCUT2D eigenvalue weighted by molar-refractivity contribution is 0.156. The molecule has 4 heteroatoms.